The summed E-state index contributed by atoms with van der Waals surface area (Å²) in [7, 11) is 1.56. The van der Waals surface area contributed by atoms with Gasteiger partial charge in [-0.05, 0) is 31.2 Å². The first kappa shape index (κ1) is 25.5. The molecule has 0 spiro atoms. The van der Waals surface area contributed by atoms with Crippen molar-refractivity contribution < 1.29 is 14.3 Å². The summed E-state index contributed by atoms with van der Waals surface area (Å²) in [5.74, 6) is -0.0927. The molecular weight excluding hydrogens is 452 g/mol. The number of hydrogen-bond acceptors (Lipinski definition) is 4. The van der Waals surface area contributed by atoms with E-state index in [0.717, 1.165) is 11.3 Å². The van der Waals surface area contributed by atoms with E-state index in [2.05, 4.69) is 5.32 Å². The van der Waals surface area contributed by atoms with Crippen LogP contribution in [0, 0.1) is 6.92 Å². The molecule has 0 aliphatic heterocycles. The SMILES string of the molecule is COCCN(CC(=O)Nc1cc(C(C)(C)C)nn1-c1ccccc1Cl)C(=O)c1ccc(C)cc1. The Kier molecular flexibility index (Phi) is 8.12. The van der Waals surface area contributed by atoms with Crippen molar-refractivity contribution in [2.24, 2.45) is 0 Å². The number of aromatic nitrogens is 2. The van der Waals surface area contributed by atoms with Crippen molar-refractivity contribution in [1.29, 1.82) is 0 Å². The zero-order valence-electron chi connectivity index (χ0n) is 20.3. The van der Waals surface area contributed by atoms with Crippen molar-refractivity contribution in [3.63, 3.8) is 0 Å². The minimum absolute atomic E-state index is 0.130. The van der Waals surface area contributed by atoms with E-state index in [1.165, 1.54) is 4.90 Å². The fraction of sp³-hybridized carbons (Fsp3) is 0.346. The monoisotopic (exact) mass is 482 g/mol. The number of methoxy groups -OCH3 is 1. The molecule has 0 aliphatic rings. The van der Waals surface area contributed by atoms with Crippen LogP contribution < -0.4 is 5.32 Å². The quantitative estimate of drug-likeness (QED) is 0.497. The topological polar surface area (TPSA) is 76.5 Å². The van der Waals surface area contributed by atoms with Crippen molar-refractivity contribution in [3.8, 4) is 5.69 Å². The molecule has 3 rings (SSSR count). The summed E-state index contributed by atoms with van der Waals surface area (Å²) in [4.78, 5) is 27.6. The first-order valence-electron chi connectivity index (χ1n) is 11.1. The lowest BCUT2D eigenvalue weighted by atomic mass is 9.92. The van der Waals surface area contributed by atoms with Crippen LogP contribution in [0.4, 0.5) is 5.82 Å². The molecule has 180 valence electrons. The first-order valence-corrected chi connectivity index (χ1v) is 11.5. The zero-order chi connectivity index (χ0) is 24.9. The molecule has 0 bridgehead atoms. The molecule has 1 aromatic heterocycles. The Labute approximate surface area is 205 Å². The molecule has 0 saturated carbocycles. The van der Waals surface area contributed by atoms with Gasteiger partial charge in [0, 0.05) is 30.7 Å². The van der Waals surface area contributed by atoms with E-state index in [1.54, 1.807) is 30.0 Å². The van der Waals surface area contributed by atoms with E-state index in [9.17, 15) is 9.59 Å². The number of para-hydroxylation sites is 1. The lowest BCUT2D eigenvalue weighted by molar-refractivity contribution is -0.117. The maximum absolute atomic E-state index is 13.1. The number of anilines is 1. The second kappa shape index (κ2) is 10.8. The van der Waals surface area contributed by atoms with Crippen LogP contribution in [0.25, 0.3) is 5.69 Å². The average Bonchev–Trinajstić information content (AvgIpc) is 3.21. The van der Waals surface area contributed by atoms with Gasteiger partial charge in [-0.1, -0.05) is 62.2 Å². The molecule has 7 nitrogen and oxygen atoms in total. The van der Waals surface area contributed by atoms with Gasteiger partial charge in [0.1, 0.15) is 12.4 Å². The molecule has 0 unspecified atom stereocenters. The Bertz CT molecular complexity index is 1150. The molecule has 0 aliphatic carbocycles. The molecule has 0 radical (unpaired) electrons. The van der Waals surface area contributed by atoms with Gasteiger partial charge in [-0.3, -0.25) is 9.59 Å². The summed E-state index contributed by atoms with van der Waals surface area (Å²) >= 11 is 6.41. The van der Waals surface area contributed by atoms with E-state index in [4.69, 9.17) is 21.4 Å². The van der Waals surface area contributed by atoms with Crippen LogP contribution in [-0.4, -0.2) is 53.3 Å². The number of carbonyl (C=O) groups is 2. The van der Waals surface area contributed by atoms with Crippen LogP contribution in [0.1, 0.15) is 42.4 Å². The second-order valence-corrected chi connectivity index (χ2v) is 9.57. The minimum Gasteiger partial charge on any atom is -0.383 e. The van der Waals surface area contributed by atoms with E-state index in [1.807, 2.05) is 64.1 Å². The maximum atomic E-state index is 13.1. The van der Waals surface area contributed by atoms with Gasteiger partial charge in [-0.2, -0.15) is 5.10 Å². The zero-order valence-corrected chi connectivity index (χ0v) is 21.0. The average molecular weight is 483 g/mol. The summed E-state index contributed by atoms with van der Waals surface area (Å²) in [5.41, 5.74) is 2.79. The number of rotatable bonds is 8. The molecule has 1 N–H and O–H groups in total. The van der Waals surface area contributed by atoms with Crippen LogP contribution in [-0.2, 0) is 14.9 Å². The fourth-order valence-corrected chi connectivity index (χ4v) is 3.55. The number of aryl methyl sites for hydroxylation is 1. The molecule has 0 atom stereocenters. The Morgan fingerprint density at radius 2 is 1.79 bits per heavy atom. The van der Waals surface area contributed by atoms with Crippen molar-refractivity contribution in [2.45, 2.75) is 33.1 Å². The van der Waals surface area contributed by atoms with E-state index in [0.29, 0.717) is 28.7 Å². The third-order valence-electron chi connectivity index (χ3n) is 5.31. The van der Waals surface area contributed by atoms with Gasteiger partial charge in [0.05, 0.1) is 23.0 Å². The Balaban J connectivity index is 1.86. The van der Waals surface area contributed by atoms with E-state index >= 15 is 0 Å². The Morgan fingerprint density at radius 1 is 1.12 bits per heavy atom. The minimum atomic E-state index is -0.342. The van der Waals surface area contributed by atoms with Gasteiger partial charge in [0.25, 0.3) is 5.91 Å². The molecule has 0 fully saturated rings. The van der Waals surface area contributed by atoms with Gasteiger partial charge < -0.3 is 15.0 Å². The summed E-state index contributed by atoms with van der Waals surface area (Å²) in [6.07, 6.45) is 0. The first-order chi connectivity index (χ1) is 16.1. The lowest BCUT2D eigenvalue weighted by Crippen LogP contribution is -2.40. The standard InChI is InChI=1S/C26H31ClN4O3/c1-18-10-12-19(13-11-18)25(33)30(14-15-34-5)17-24(32)28-23-16-22(26(2,3)4)29-31(23)21-9-7-6-8-20(21)27/h6-13,16H,14-15,17H2,1-5H3,(H,28,32). The third kappa shape index (κ3) is 6.24. The van der Waals surface area contributed by atoms with Crippen molar-refractivity contribution in [2.75, 3.05) is 32.1 Å². The van der Waals surface area contributed by atoms with Crippen molar-refractivity contribution in [3.05, 3.63) is 76.4 Å². The molecule has 2 aromatic carbocycles. The number of ether oxygens (including phenoxy) is 1. The van der Waals surface area contributed by atoms with Gasteiger partial charge in [-0.25, -0.2) is 4.68 Å². The molecule has 2 amide bonds. The number of carbonyl (C=O) groups excluding carboxylic acids is 2. The van der Waals surface area contributed by atoms with Crippen LogP contribution >= 0.6 is 11.6 Å². The van der Waals surface area contributed by atoms with Crippen LogP contribution in [0.15, 0.2) is 54.6 Å². The van der Waals surface area contributed by atoms with Crippen molar-refractivity contribution in [1.82, 2.24) is 14.7 Å². The largest absolute Gasteiger partial charge is 0.383 e. The second-order valence-electron chi connectivity index (χ2n) is 9.16. The summed E-state index contributed by atoms with van der Waals surface area (Å²) in [5, 5.41) is 8.13. The van der Waals surface area contributed by atoms with Gasteiger partial charge in [-0.15, -0.1) is 0 Å². The highest BCUT2D eigenvalue weighted by molar-refractivity contribution is 6.32. The molecule has 34 heavy (non-hydrogen) atoms. The van der Waals surface area contributed by atoms with Crippen LogP contribution in [0.2, 0.25) is 5.02 Å². The predicted molar refractivity (Wildman–Crippen MR) is 135 cm³/mol. The Hall–Kier alpha value is -3.16. The normalized spacial score (nSPS) is 11.4. The van der Waals surface area contributed by atoms with Crippen molar-refractivity contribution >= 4 is 29.2 Å². The predicted octanol–water partition coefficient (Wildman–Crippen LogP) is 4.86. The molecule has 3 aromatic rings. The number of amides is 2. The number of nitrogens with one attached hydrogen (secondary N) is 1. The number of nitrogens with zero attached hydrogens (tertiary/aromatic N) is 3. The molecule has 8 heteroatoms. The van der Waals surface area contributed by atoms with Gasteiger partial charge in [0.2, 0.25) is 5.91 Å². The van der Waals surface area contributed by atoms with Gasteiger partial charge in [0.15, 0.2) is 0 Å². The highest BCUT2D eigenvalue weighted by Gasteiger charge is 2.24. The number of benzene rings is 2. The van der Waals surface area contributed by atoms with Crippen LogP contribution in [0.3, 0.4) is 0 Å². The summed E-state index contributed by atoms with van der Waals surface area (Å²) in [6, 6.07) is 16.4. The molecular formula is C26H31ClN4O3. The highest BCUT2D eigenvalue weighted by Crippen LogP contribution is 2.29. The van der Waals surface area contributed by atoms with E-state index < -0.39 is 0 Å². The lowest BCUT2D eigenvalue weighted by Gasteiger charge is -2.22. The highest BCUT2D eigenvalue weighted by atomic mass is 35.5. The van der Waals surface area contributed by atoms with Crippen LogP contribution in [0.5, 0.6) is 0 Å². The number of halogens is 1. The summed E-state index contributed by atoms with van der Waals surface area (Å²) in [6.45, 7) is 8.57. The molecule has 0 saturated heterocycles. The Morgan fingerprint density at radius 3 is 2.41 bits per heavy atom. The molecule has 1 heterocycles. The summed E-state index contributed by atoms with van der Waals surface area (Å²) < 4.78 is 6.78. The maximum Gasteiger partial charge on any atom is 0.254 e. The fourth-order valence-electron chi connectivity index (χ4n) is 3.33. The smallest absolute Gasteiger partial charge is 0.254 e. The third-order valence-corrected chi connectivity index (χ3v) is 5.63. The van der Waals surface area contributed by atoms with Gasteiger partial charge >= 0.3 is 0 Å². The van der Waals surface area contributed by atoms with E-state index in [-0.39, 0.29) is 30.3 Å². The number of hydrogen-bond donors (Lipinski definition) is 1.